The smallest absolute Gasteiger partial charge is 0.0460 e. The van der Waals surface area contributed by atoms with Crippen molar-refractivity contribution in [2.75, 3.05) is 0 Å². The average molecular weight is 329 g/mol. The third kappa shape index (κ3) is 1.34. The van der Waals surface area contributed by atoms with Crippen molar-refractivity contribution in [3.05, 3.63) is 36.5 Å². The summed E-state index contributed by atoms with van der Waals surface area (Å²) in [7, 11) is 0. The van der Waals surface area contributed by atoms with Crippen LogP contribution in [0.4, 0.5) is 0 Å². The van der Waals surface area contributed by atoms with Gasteiger partial charge >= 0.3 is 0 Å². The monoisotopic (exact) mass is 330 g/mol. The minimum absolute atomic E-state index is 0. The Balaban J connectivity index is 0.000000720. The Morgan fingerprint density at radius 2 is 2.08 bits per heavy atom. The number of nitrogens with one attached hydrogen (secondary N) is 1. The Kier molecular flexibility index (Phi) is 2.80. The summed E-state index contributed by atoms with van der Waals surface area (Å²) in [6.07, 6.45) is 1.50. The molecule has 1 aromatic carbocycles. The summed E-state index contributed by atoms with van der Waals surface area (Å²) >= 11 is 0. The maximum absolute atomic E-state index is 5.35. The van der Waals surface area contributed by atoms with Crippen LogP contribution in [0.15, 0.2) is 24.3 Å². The second-order valence-electron chi connectivity index (χ2n) is 2.32. The zero-order valence-corrected chi connectivity index (χ0v) is 9.01. The van der Waals surface area contributed by atoms with Gasteiger partial charge < -0.3 is 0 Å². The van der Waals surface area contributed by atoms with Crippen molar-refractivity contribution in [2.24, 2.45) is 0 Å². The van der Waals surface area contributed by atoms with Gasteiger partial charge in [0.05, 0.1) is 0 Å². The summed E-state index contributed by atoms with van der Waals surface area (Å²) in [4.78, 5) is 0. The van der Waals surface area contributed by atoms with E-state index in [1.807, 2.05) is 24.3 Å². The first-order valence-corrected chi connectivity index (χ1v) is 3.40. The molecular formula is C9H7N2Re-. The normalized spacial score (nSPS) is 9.33. The summed E-state index contributed by atoms with van der Waals surface area (Å²) in [5.74, 6) is 0. The van der Waals surface area contributed by atoms with Crippen molar-refractivity contribution in [1.29, 1.82) is 0 Å². The minimum Gasteiger partial charge on any atom is -0.297 e. The van der Waals surface area contributed by atoms with Crippen LogP contribution >= 0.6 is 0 Å². The molecule has 2 rings (SSSR count). The van der Waals surface area contributed by atoms with E-state index in [1.54, 1.807) is 0 Å². The van der Waals surface area contributed by atoms with E-state index in [9.17, 15) is 0 Å². The molecule has 0 aliphatic heterocycles. The molecule has 1 heterocycles. The van der Waals surface area contributed by atoms with E-state index < -0.39 is 0 Å². The van der Waals surface area contributed by atoms with E-state index in [4.69, 9.17) is 6.58 Å². The Morgan fingerprint density at radius 1 is 1.33 bits per heavy atom. The number of hydrogen-bond acceptors (Lipinski definition) is 1. The number of rotatable bonds is 1. The number of nitrogens with zero attached hydrogens (tertiary/aromatic N) is 1. The Morgan fingerprint density at radius 3 is 2.83 bits per heavy atom. The van der Waals surface area contributed by atoms with Crippen LogP contribution in [0.1, 0.15) is 5.69 Å². The molecule has 1 aromatic heterocycles. The standard InChI is InChI=1S/C9H7N2.Re/c1-2-8-7-5-3-4-6-9(7)11-10-8;/h1-6H,(H,10,11);/q-1;. The van der Waals surface area contributed by atoms with Gasteiger partial charge in [0.15, 0.2) is 0 Å². The van der Waals surface area contributed by atoms with Crippen molar-refractivity contribution in [2.45, 2.75) is 0 Å². The molecule has 0 unspecified atom stereocenters. The molecular weight excluding hydrogens is 322 g/mol. The van der Waals surface area contributed by atoms with Crippen molar-refractivity contribution < 1.29 is 20.4 Å². The number of H-pyrrole nitrogens is 1. The third-order valence-corrected chi connectivity index (χ3v) is 1.66. The fraction of sp³-hybridized carbons (Fsp3) is 0. The minimum atomic E-state index is 0. The average Bonchev–Trinajstić information content (AvgIpc) is 2.47. The van der Waals surface area contributed by atoms with Gasteiger partial charge in [-0.2, -0.15) is 0 Å². The molecule has 1 radical (unpaired) electrons. The molecule has 0 bridgehead atoms. The molecule has 0 atom stereocenters. The van der Waals surface area contributed by atoms with Gasteiger partial charge in [-0.05, 0) is 6.07 Å². The van der Waals surface area contributed by atoms with Gasteiger partial charge in [0.1, 0.15) is 0 Å². The van der Waals surface area contributed by atoms with Crippen molar-refractivity contribution >= 4 is 17.0 Å². The maximum Gasteiger partial charge on any atom is 0.0460 e. The molecule has 0 aliphatic carbocycles. The summed E-state index contributed by atoms with van der Waals surface area (Å²) in [5, 5.41) is 7.95. The molecule has 3 heteroatoms. The second kappa shape index (κ2) is 3.66. The van der Waals surface area contributed by atoms with Crippen LogP contribution in [0.25, 0.3) is 17.0 Å². The summed E-state index contributed by atoms with van der Waals surface area (Å²) in [6, 6.07) is 7.87. The molecule has 2 nitrogen and oxygen atoms in total. The first-order chi connectivity index (χ1) is 5.42. The van der Waals surface area contributed by atoms with Crippen molar-refractivity contribution in [3.63, 3.8) is 0 Å². The van der Waals surface area contributed by atoms with Crippen molar-refractivity contribution in [3.8, 4) is 0 Å². The number of aromatic nitrogens is 2. The number of aromatic amines is 1. The van der Waals surface area contributed by atoms with Crippen LogP contribution in [-0.4, -0.2) is 10.2 Å². The number of para-hydroxylation sites is 1. The van der Waals surface area contributed by atoms with E-state index in [0.29, 0.717) is 0 Å². The first-order valence-electron chi connectivity index (χ1n) is 3.40. The first kappa shape index (κ1) is 9.18. The quantitative estimate of drug-likeness (QED) is 0.797. The molecule has 12 heavy (non-hydrogen) atoms. The number of hydrogen-bond donors (Lipinski definition) is 1. The Bertz CT molecular complexity index is 392. The fourth-order valence-corrected chi connectivity index (χ4v) is 1.11. The largest absolute Gasteiger partial charge is 0.297 e. The molecule has 61 valence electrons. The molecule has 0 saturated carbocycles. The van der Waals surface area contributed by atoms with E-state index in [0.717, 1.165) is 16.6 Å². The zero-order valence-electron chi connectivity index (χ0n) is 6.29. The van der Waals surface area contributed by atoms with Gasteiger partial charge in [0.25, 0.3) is 0 Å². The Hall–Kier alpha value is -0.908. The molecule has 2 aromatic rings. The van der Waals surface area contributed by atoms with Crippen molar-refractivity contribution in [1.82, 2.24) is 10.2 Å². The topological polar surface area (TPSA) is 28.7 Å². The summed E-state index contributed by atoms with van der Waals surface area (Å²) in [6.45, 7) is 5.35. The molecule has 1 N–H and O–H groups in total. The van der Waals surface area contributed by atoms with Crippen LogP contribution in [0.3, 0.4) is 0 Å². The van der Waals surface area contributed by atoms with E-state index in [1.165, 1.54) is 6.08 Å². The van der Waals surface area contributed by atoms with Crippen LogP contribution in [0.5, 0.6) is 0 Å². The summed E-state index contributed by atoms with van der Waals surface area (Å²) < 4.78 is 0. The third-order valence-electron chi connectivity index (χ3n) is 1.66. The molecule has 0 fully saturated rings. The van der Waals surface area contributed by atoms with Gasteiger partial charge in [-0.1, -0.05) is 29.3 Å². The predicted molar refractivity (Wildman–Crippen MR) is 44.9 cm³/mol. The second-order valence-corrected chi connectivity index (χ2v) is 2.32. The molecule has 0 saturated heterocycles. The SMILES string of the molecule is [CH-]=Cc1n[nH]c2ccccc12.[Re]. The predicted octanol–water partition coefficient (Wildman–Crippen LogP) is 2.01. The van der Waals surface area contributed by atoms with Crippen LogP contribution < -0.4 is 0 Å². The van der Waals surface area contributed by atoms with E-state index in [-0.39, 0.29) is 20.4 Å². The van der Waals surface area contributed by atoms with E-state index in [2.05, 4.69) is 10.2 Å². The van der Waals surface area contributed by atoms with Gasteiger partial charge in [0.2, 0.25) is 0 Å². The van der Waals surface area contributed by atoms with Gasteiger partial charge in [-0.15, -0.1) is 0 Å². The van der Waals surface area contributed by atoms with E-state index >= 15 is 0 Å². The van der Waals surface area contributed by atoms with Gasteiger partial charge in [-0.25, -0.2) is 6.08 Å². The number of fused-ring (bicyclic) bond motifs is 1. The fourth-order valence-electron chi connectivity index (χ4n) is 1.11. The van der Waals surface area contributed by atoms with Gasteiger partial charge in [-0.3, -0.25) is 16.8 Å². The van der Waals surface area contributed by atoms with Crippen LogP contribution in [0, 0.1) is 6.58 Å². The Labute approximate surface area is 84.3 Å². The molecule has 0 aliphatic rings. The maximum atomic E-state index is 5.35. The van der Waals surface area contributed by atoms with Crippen LogP contribution in [0.2, 0.25) is 0 Å². The number of benzene rings is 1. The summed E-state index contributed by atoms with van der Waals surface area (Å²) in [5.41, 5.74) is 1.82. The zero-order chi connectivity index (χ0) is 7.68. The van der Waals surface area contributed by atoms with Gasteiger partial charge in [0, 0.05) is 25.9 Å². The molecule has 0 spiro atoms. The van der Waals surface area contributed by atoms with Crippen LogP contribution in [-0.2, 0) is 20.4 Å². The molecule has 0 amide bonds.